The van der Waals surface area contributed by atoms with Crippen LogP contribution in [0.25, 0.3) is 0 Å². The van der Waals surface area contributed by atoms with Crippen molar-refractivity contribution < 1.29 is 9.47 Å². The number of ether oxygens (including phenoxy) is 2. The summed E-state index contributed by atoms with van der Waals surface area (Å²) < 4.78 is 13.0. The van der Waals surface area contributed by atoms with Gasteiger partial charge in [-0.15, -0.1) is 0 Å². The number of nitrogens with two attached hydrogens (primary N) is 1. The smallest absolute Gasteiger partial charge is 0.205 e. The molecule has 1 saturated heterocycles. The highest BCUT2D eigenvalue weighted by molar-refractivity contribution is 5.34. The van der Waals surface area contributed by atoms with E-state index in [4.69, 9.17) is 15.2 Å². The van der Waals surface area contributed by atoms with Crippen LogP contribution in [0.1, 0.15) is 19.0 Å². The van der Waals surface area contributed by atoms with E-state index in [1.54, 1.807) is 7.11 Å². The van der Waals surface area contributed by atoms with Crippen molar-refractivity contribution in [2.75, 3.05) is 38.3 Å². The fraction of sp³-hybridized carbons (Fsp3) is 0.786. The van der Waals surface area contributed by atoms with E-state index in [2.05, 4.69) is 20.6 Å². The van der Waals surface area contributed by atoms with Crippen LogP contribution in [0, 0.1) is 6.92 Å². The molecule has 0 bridgehead atoms. The second kappa shape index (κ2) is 7.06. The van der Waals surface area contributed by atoms with Crippen molar-refractivity contribution in [2.24, 2.45) is 5.73 Å². The van der Waals surface area contributed by atoms with Gasteiger partial charge >= 0.3 is 0 Å². The van der Waals surface area contributed by atoms with Gasteiger partial charge in [0.25, 0.3) is 0 Å². The van der Waals surface area contributed by atoms with Crippen LogP contribution in [0.2, 0.25) is 0 Å². The molecule has 2 N–H and O–H groups in total. The minimum Gasteiger partial charge on any atom is -0.385 e. The number of rotatable bonds is 6. The molecule has 20 heavy (non-hydrogen) atoms. The molecule has 2 unspecified atom stereocenters. The molecule has 1 fully saturated rings. The Balaban J connectivity index is 2.06. The summed E-state index contributed by atoms with van der Waals surface area (Å²) in [7, 11) is 1.73. The molecule has 114 valence electrons. The topological polar surface area (TPSA) is 65.5 Å². The summed E-state index contributed by atoms with van der Waals surface area (Å²) >= 11 is 0. The summed E-state index contributed by atoms with van der Waals surface area (Å²) in [5.74, 6) is 1.02. The lowest BCUT2D eigenvalue weighted by Crippen LogP contribution is -2.50. The zero-order valence-electron chi connectivity index (χ0n) is 12.7. The van der Waals surface area contributed by atoms with E-state index in [-0.39, 0.29) is 12.1 Å². The van der Waals surface area contributed by atoms with Crippen molar-refractivity contribution in [3.63, 3.8) is 0 Å². The van der Waals surface area contributed by atoms with Crippen LogP contribution in [0.3, 0.4) is 0 Å². The van der Waals surface area contributed by atoms with Gasteiger partial charge in [-0.25, -0.2) is 4.98 Å². The maximum Gasteiger partial charge on any atom is 0.205 e. The largest absolute Gasteiger partial charge is 0.385 e. The molecule has 6 nitrogen and oxygen atoms in total. The molecule has 0 aliphatic carbocycles. The first-order valence-electron chi connectivity index (χ1n) is 7.26. The summed E-state index contributed by atoms with van der Waals surface area (Å²) in [6.45, 7) is 8.08. The van der Waals surface area contributed by atoms with Crippen LogP contribution in [-0.2, 0) is 16.0 Å². The maximum absolute atomic E-state index is 5.95. The highest BCUT2D eigenvalue weighted by Crippen LogP contribution is 2.19. The number of aryl methyl sites for hydroxylation is 2. The summed E-state index contributed by atoms with van der Waals surface area (Å²) in [5, 5.41) is 0. The molecule has 1 aliphatic rings. The van der Waals surface area contributed by atoms with Gasteiger partial charge in [-0.2, -0.15) is 0 Å². The molecule has 6 heteroatoms. The third kappa shape index (κ3) is 3.71. The second-order valence-electron chi connectivity index (χ2n) is 5.44. The summed E-state index contributed by atoms with van der Waals surface area (Å²) in [4.78, 5) is 6.93. The Labute approximate surface area is 120 Å². The van der Waals surface area contributed by atoms with Crippen LogP contribution in [0.15, 0.2) is 6.20 Å². The number of hydrogen-bond acceptors (Lipinski definition) is 5. The van der Waals surface area contributed by atoms with E-state index in [1.165, 1.54) is 0 Å². The number of methoxy groups -OCH3 is 1. The SMILES string of the molecule is COCCCn1cc(C)nc1N1CCOC(C(C)N)C1. The molecule has 2 rings (SSSR count). The molecule has 2 atom stereocenters. The van der Waals surface area contributed by atoms with Crippen LogP contribution in [-0.4, -0.2) is 55.1 Å². The minimum absolute atomic E-state index is 0.0378. The number of anilines is 1. The molecule has 0 saturated carbocycles. The Kier molecular flexibility index (Phi) is 5.39. The molecule has 0 amide bonds. The minimum atomic E-state index is 0.0378. The molecular weight excluding hydrogens is 256 g/mol. The van der Waals surface area contributed by atoms with Gasteiger partial charge < -0.3 is 24.7 Å². The highest BCUT2D eigenvalue weighted by Gasteiger charge is 2.26. The van der Waals surface area contributed by atoms with E-state index in [1.807, 2.05) is 13.8 Å². The van der Waals surface area contributed by atoms with Crippen molar-refractivity contribution in [3.8, 4) is 0 Å². The predicted octanol–water partition coefficient (Wildman–Crippen LogP) is 0.780. The van der Waals surface area contributed by atoms with Gasteiger partial charge in [0.2, 0.25) is 5.95 Å². The normalized spacial score (nSPS) is 21.2. The van der Waals surface area contributed by atoms with E-state index < -0.39 is 0 Å². The number of morpholine rings is 1. The number of aromatic nitrogens is 2. The van der Waals surface area contributed by atoms with Crippen LogP contribution in [0.5, 0.6) is 0 Å². The maximum atomic E-state index is 5.95. The Morgan fingerprint density at radius 3 is 3.10 bits per heavy atom. The van der Waals surface area contributed by atoms with Gasteiger partial charge in [-0.05, 0) is 20.3 Å². The van der Waals surface area contributed by atoms with Gasteiger partial charge in [0.1, 0.15) is 0 Å². The van der Waals surface area contributed by atoms with Gasteiger partial charge in [0.05, 0.1) is 18.4 Å². The molecule has 0 aromatic carbocycles. The number of hydrogen-bond donors (Lipinski definition) is 1. The first-order chi connectivity index (χ1) is 9.61. The van der Waals surface area contributed by atoms with Gasteiger partial charge in [-0.1, -0.05) is 0 Å². The average molecular weight is 282 g/mol. The summed E-state index contributed by atoms with van der Waals surface area (Å²) in [6, 6.07) is 0.0378. The van der Waals surface area contributed by atoms with E-state index in [0.717, 1.165) is 44.3 Å². The van der Waals surface area contributed by atoms with Gasteiger partial charge in [-0.3, -0.25) is 0 Å². The quantitative estimate of drug-likeness (QED) is 0.781. The summed E-state index contributed by atoms with van der Waals surface area (Å²) in [5.41, 5.74) is 7.00. The fourth-order valence-corrected chi connectivity index (χ4v) is 2.51. The van der Waals surface area contributed by atoms with Gasteiger partial charge in [0, 0.05) is 45.6 Å². The Hall–Kier alpha value is -1.11. The second-order valence-corrected chi connectivity index (χ2v) is 5.44. The first-order valence-corrected chi connectivity index (χ1v) is 7.26. The van der Waals surface area contributed by atoms with E-state index in [9.17, 15) is 0 Å². The first kappa shape index (κ1) is 15.3. The van der Waals surface area contributed by atoms with E-state index in [0.29, 0.717) is 6.61 Å². The monoisotopic (exact) mass is 282 g/mol. The zero-order chi connectivity index (χ0) is 14.5. The fourth-order valence-electron chi connectivity index (χ4n) is 2.51. The average Bonchev–Trinajstić information content (AvgIpc) is 2.80. The lowest BCUT2D eigenvalue weighted by Gasteiger charge is -2.35. The highest BCUT2D eigenvalue weighted by atomic mass is 16.5. The molecular formula is C14H26N4O2. The van der Waals surface area contributed by atoms with Crippen molar-refractivity contribution in [1.82, 2.24) is 9.55 Å². The van der Waals surface area contributed by atoms with Crippen molar-refractivity contribution in [1.29, 1.82) is 0 Å². The Morgan fingerprint density at radius 2 is 2.40 bits per heavy atom. The third-order valence-electron chi connectivity index (χ3n) is 3.59. The van der Waals surface area contributed by atoms with Crippen LogP contribution < -0.4 is 10.6 Å². The van der Waals surface area contributed by atoms with Crippen molar-refractivity contribution >= 4 is 5.95 Å². The molecule has 1 aromatic rings. The number of imidazole rings is 1. The molecule has 0 spiro atoms. The molecule has 2 heterocycles. The molecule has 1 aliphatic heterocycles. The van der Waals surface area contributed by atoms with Crippen molar-refractivity contribution in [2.45, 2.75) is 39.0 Å². The summed E-state index contributed by atoms with van der Waals surface area (Å²) in [6.07, 6.45) is 3.16. The third-order valence-corrected chi connectivity index (χ3v) is 3.59. The predicted molar refractivity (Wildman–Crippen MR) is 79.1 cm³/mol. The van der Waals surface area contributed by atoms with Crippen LogP contribution in [0.4, 0.5) is 5.95 Å². The Bertz CT molecular complexity index is 419. The van der Waals surface area contributed by atoms with E-state index >= 15 is 0 Å². The van der Waals surface area contributed by atoms with Crippen molar-refractivity contribution in [3.05, 3.63) is 11.9 Å². The standard InChI is InChI=1S/C14H26N4O2/c1-11-9-17(5-4-7-19-3)14(16-11)18-6-8-20-13(10-18)12(2)15/h9,12-13H,4-8,10,15H2,1-3H3. The van der Waals surface area contributed by atoms with Gasteiger partial charge in [0.15, 0.2) is 0 Å². The lowest BCUT2D eigenvalue weighted by molar-refractivity contribution is 0.0268. The zero-order valence-corrected chi connectivity index (χ0v) is 12.7. The molecule has 1 aromatic heterocycles. The lowest BCUT2D eigenvalue weighted by atomic mass is 10.1. The number of nitrogens with zero attached hydrogens (tertiary/aromatic N) is 3. The Morgan fingerprint density at radius 1 is 1.60 bits per heavy atom. The molecule has 0 radical (unpaired) electrons. The van der Waals surface area contributed by atoms with Crippen LogP contribution >= 0.6 is 0 Å².